The molecule has 0 atom stereocenters. The van der Waals surface area contributed by atoms with E-state index in [1.165, 1.54) is 35.2 Å². The lowest BCUT2D eigenvalue weighted by Crippen LogP contribution is -2.18. The van der Waals surface area contributed by atoms with Crippen LogP contribution in [0.4, 0.5) is 4.39 Å². The van der Waals surface area contributed by atoms with Crippen molar-refractivity contribution in [3.05, 3.63) is 53.1 Å². The van der Waals surface area contributed by atoms with Crippen LogP contribution in [0, 0.1) is 5.82 Å². The molecule has 0 bridgehead atoms. The Hall–Kier alpha value is -1.77. The van der Waals surface area contributed by atoms with Crippen LogP contribution in [-0.4, -0.2) is 34.8 Å². The van der Waals surface area contributed by atoms with E-state index in [0.717, 1.165) is 33.2 Å². The van der Waals surface area contributed by atoms with Crippen LogP contribution in [0.15, 0.2) is 52.4 Å². The topological polar surface area (TPSA) is 43.6 Å². The number of halogens is 1. The molecule has 3 aromatic rings. The molecule has 0 unspecified atom stereocenters. The first-order chi connectivity index (χ1) is 13.6. The standard InChI is InChI=1S/C20H21FN2O2S3/c1-3-25-15-6-9-17-18(12-15)28-20(23(17)10-11-26-2)22-19(24)13-27-16-7-4-14(21)5-8-16/h4-9,12H,3,10-11,13H2,1-2H3. The number of ether oxygens (including phenoxy) is 1. The highest BCUT2D eigenvalue weighted by atomic mass is 32.2. The van der Waals surface area contributed by atoms with Crippen LogP contribution in [0.25, 0.3) is 10.2 Å². The van der Waals surface area contributed by atoms with Crippen molar-refractivity contribution >= 4 is 51.0 Å². The van der Waals surface area contributed by atoms with Crippen molar-refractivity contribution in [2.24, 2.45) is 4.99 Å². The third kappa shape index (κ3) is 5.40. The molecule has 0 N–H and O–H groups in total. The molecule has 2 aromatic carbocycles. The normalized spacial score (nSPS) is 11.9. The summed E-state index contributed by atoms with van der Waals surface area (Å²) in [4.78, 5) is 18.3. The van der Waals surface area contributed by atoms with E-state index >= 15 is 0 Å². The molecule has 1 heterocycles. The van der Waals surface area contributed by atoms with Crippen LogP contribution in [-0.2, 0) is 11.3 Å². The molecular formula is C20H21FN2O2S3. The Kier molecular flexibility index (Phi) is 7.58. The SMILES string of the molecule is CCOc1ccc2c(c1)sc(=NC(=O)CSc1ccc(F)cc1)n2CCSC. The van der Waals surface area contributed by atoms with E-state index in [1.54, 1.807) is 23.9 Å². The van der Waals surface area contributed by atoms with Gasteiger partial charge in [-0.1, -0.05) is 11.3 Å². The monoisotopic (exact) mass is 436 g/mol. The maximum Gasteiger partial charge on any atom is 0.258 e. The van der Waals surface area contributed by atoms with E-state index in [2.05, 4.69) is 15.8 Å². The lowest BCUT2D eigenvalue weighted by atomic mass is 10.3. The number of benzene rings is 2. The minimum absolute atomic E-state index is 0.205. The van der Waals surface area contributed by atoms with Crippen LogP contribution in [0.1, 0.15) is 6.92 Å². The molecule has 0 aliphatic carbocycles. The van der Waals surface area contributed by atoms with Gasteiger partial charge in [0.05, 0.1) is 22.6 Å². The zero-order valence-electron chi connectivity index (χ0n) is 15.7. The summed E-state index contributed by atoms with van der Waals surface area (Å²) in [6, 6.07) is 12.1. The van der Waals surface area contributed by atoms with Gasteiger partial charge in [-0.15, -0.1) is 11.8 Å². The van der Waals surface area contributed by atoms with Gasteiger partial charge < -0.3 is 9.30 Å². The number of fused-ring (bicyclic) bond motifs is 1. The second-order valence-electron chi connectivity index (χ2n) is 5.84. The molecule has 3 rings (SSSR count). The lowest BCUT2D eigenvalue weighted by molar-refractivity contribution is -0.115. The highest BCUT2D eigenvalue weighted by Gasteiger charge is 2.10. The van der Waals surface area contributed by atoms with Gasteiger partial charge in [-0.05, 0) is 55.6 Å². The van der Waals surface area contributed by atoms with Gasteiger partial charge in [0.25, 0.3) is 5.91 Å². The maximum atomic E-state index is 13.0. The lowest BCUT2D eigenvalue weighted by Gasteiger charge is -2.05. The largest absolute Gasteiger partial charge is 0.494 e. The number of thioether (sulfide) groups is 2. The first kappa shape index (κ1) is 21.0. The molecule has 0 fully saturated rings. The number of carbonyl (C=O) groups excluding carboxylic acids is 1. The first-order valence-electron chi connectivity index (χ1n) is 8.81. The summed E-state index contributed by atoms with van der Waals surface area (Å²) in [7, 11) is 0. The number of amides is 1. The molecule has 0 saturated heterocycles. The Morgan fingerprint density at radius 2 is 2.04 bits per heavy atom. The van der Waals surface area contributed by atoms with Crippen LogP contribution in [0.2, 0.25) is 0 Å². The van der Waals surface area contributed by atoms with Crippen molar-refractivity contribution in [1.29, 1.82) is 0 Å². The summed E-state index contributed by atoms with van der Waals surface area (Å²) in [5.41, 5.74) is 1.06. The van der Waals surface area contributed by atoms with Crippen molar-refractivity contribution in [3.8, 4) is 5.75 Å². The van der Waals surface area contributed by atoms with Crippen molar-refractivity contribution in [2.45, 2.75) is 18.4 Å². The highest BCUT2D eigenvalue weighted by molar-refractivity contribution is 8.00. The van der Waals surface area contributed by atoms with Crippen LogP contribution >= 0.6 is 34.9 Å². The quantitative estimate of drug-likeness (QED) is 0.475. The fraction of sp³-hybridized carbons (Fsp3) is 0.300. The first-order valence-corrected chi connectivity index (χ1v) is 12.0. The Labute approximate surface area is 175 Å². The third-order valence-electron chi connectivity index (χ3n) is 3.88. The fourth-order valence-corrected chi connectivity index (χ4v) is 4.76. The number of nitrogens with zero attached hydrogens (tertiary/aromatic N) is 2. The molecule has 1 aromatic heterocycles. The zero-order valence-corrected chi connectivity index (χ0v) is 18.1. The molecule has 1 amide bonds. The third-order valence-corrected chi connectivity index (χ3v) is 6.51. The predicted octanol–water partition coefficient (Wildman–Crippen LogP) is 4.82. The summed E-state index contributed by atoms with van der Waals surface area (Å²) in [5, 5.41) is 0. The van der Waals surface area contributed by atoms with E-state index in [-0.39, 0.29) is 17.5 Å². The number of aryl methyl sites for hydroxylation is 1. The van der Waals surface area contributed by atoms with Crippen LogP contribution < -0.4 is 9.54 Å². The Bertz CT molecular complexity index is 1010. The minimum atomic E-state index is -0.285. The highest BCUT2D eigenvalue weighted by Crippen LogP contribution is 2.24. The van der Waals surface area contributed by atoms with E-state index < -0.39 is 0 Å². The Morgan fingerprint density at radius 1 is 1.25 bits per heavy atom. The molecule has 28 heavy (non-hydrogen) atoms. The number of hydrogen-bond acceptors (Lipinski definition) is 5. The van der Waals surface area contributed by atoms with Crippen molar-refractivity contribution in [3.63, 3.8) is 0 Å². The molecule has 8 heteroatoms. The summed E-state index contributed by atoms with van der Waals surface area (Å²) in [6.07, 6.45) is 2.06. The molecule has 148 valence electrons. The number of hydrogen-bond donors (Lipinski definition) is 0. The predicted molar refractivity (Wildman–Crippen MR) is 117 cm³/mol. The van der Waals surface area contributed by atoms with Gasteiger partial charge in [-0.25, -0.2) is 4.39 Å². The number of carbonyl (C=O) groups is 1. The molecular weight excluding hydrogens is 415 g/mol. The number of aromatic nitrogens is 1. The molecule has 0 aliphatic rings. The van der Waals surface area contributed by atoms with Gasteiger partial charge in [0, 0.05) is 17.2 Å². The average molecular weight is 437 g/mol. The second kappa shape index (κ2) is 10.1. The number of rotatable bonds is 8. The molecule has 0 aliphatic heterocycles. The summed E-state index contributed by atoms with van der Waals surface area (Å²) >= 11 is 4.60. The van der Waals surface area contributed by atoms with Gasteiger partial charge in [0.1, 0.15) is 11.6 Å². The van der Waals surface area contributed by atoms with Crippen molar-refractivity contribution in [2.75, 3.05) is 24.4 Å². The fourth-order valence-electron chi connectivity index (χ4n) is 2.61. The van der Waals surface area contributed by atoms with Gasteiger partial charge in [0.15, 0.2) is 4.80 Å². The van der Waals surface area contributed by atoms with Gasteiger partial charge in [-0.3, -0.25) is 4.79 Å². The average Bonchev–Trinajstić information content (AvgIpc) is 3.02. The van der Waals surface area contributed by atoms with Gasteiger partial charge in [0.2, 0.25) is 0 Å². The Balaban J connectivity index is 1.85. The van der Waals surface area contributed by atoms with Crippen LogP contribution in [0.5, 0.6) is 5.75 Å². The second-order valence-corrected chi connectivity index (χ2v) is 8.88. The van der Waals surface area contributed by atoms with Crippen LogP contribution in [0.3, 0.4) is 0 Å². The molecule has 0 spiro atoms. The van der Waals surface area contributed by atoms with Gasteiger partial charge >= 0.3 is 0 Å². The molecule has 0 saturated carbocycles. The smallest absolute Gasteiger partial charge is 0.258 e. The van der Waals surface area contributed by atoms with E-state index in [4.69, 9.17) is 4.74 Å². The maximum absolute atomic E-state index is 13.0. The summed E-state index contributed by atoms with van der Waals surface area (Å²) < 4.78 is 21.7. The Morgan fingerprint density at radius 3 is 2.75 bits per heavy atom. The molecule has 0 radical (unpaired) electrons. The zero-order chi connectivity index (χ0) is 19.9. The molecule has 4 nitrogen and oxygen atoms in total. The van der Waals surface area contributed by atoms with E-state index in [1.807, 2.05) is 25.1 Å². The van der Waals surface area contributed by atoms with Crippen molar-refractivity contribution < 1.29 is 13.9 Å². The summed E-state index contributed by atoms with van der Waals surface area (Å²) in [5.74, 6) is 1.48. The van der Waals surface area contributed by atoms with E-state index in [0.29, 0.717) is 11.4 Å². The van der Waals surface area contributed by atoms with Crippen molar-refractivity contribution in [1.82, 2.24) is 4.57 Å². The van der Waals surface area contributed by atoms with E-state index in [9.17, 15) is 9.18 Å². The number of thiazole rings is 1. The van der Waals surface area contributed by atoms with Gasteiger partial charge in [-0.2, -0.15) is 16.8 Å². The summed E-state index contributed by atoms with van der Waals surface area (Å²) in [6.45, 7) is 3.35. The minimum Gasteiger partial charge on any atom is -0.494 e.